The fraction of sp³-hybridized carbons (Fsp3) is 0.412. The van der Waals surface area contributed by atoms with Crippen LogP contribution in [0.4, 0.5) is 0 Å². The number of aryl methyl sites for hydroxylation is 1. The summed E-state index contributed by atoms with van der Waals surface area (Å²) in [6.45, 7) is 6.87. The molecule has 0 aliphatic heterocycles. The largest absolute Gasteiger partial charge is 0.492 e. The van der Waals surface area contributed by atoms with Crippen LogP contribution in [0, 0.1) is 6.92 Å². The van der Waals surface area contributed by atoms with Gasteiger partial charge in [0.25, 0.3) is 0 Å². The quantitative estimate of drug-likeness (QED) is 0.427. The van der Waals surface area contributed by atoms with Gasteiger partial charge in [0.15, 0.2) is 5.96 Å². The highest BCUT2D eigenvalue weighted by Crippen LogP contribution is 2.15. The van der Waals surface area contributed by atoms with E-state index in [1.807, 2.05) is 37.4 Å². The van der Waals surface area contributed by atoms with Crippen LogP contribution in [0.3, 0.4) is 0 Å². The molecule has 0 amide bonds. The van der Waals surface area contributed by atoms with Crippen LogP contribution >= 0.6 is 22.9 Å². The molecule has 0 aliphatic rings. The summed E-state index contributed by atoms with van der Waals surface area (Å²) < 4.78 is 5.65. The van der Waals surface area contributed by atoms with E-state index in [1.54, 1.807) is 11.3 Å². The van der Waals surface area contributed by atoms with E-state index < -0.39 is 0 Å². The summed E-state index contributed by atoms with van der Waals surface area (Å²) in [5.41, 5.74) is 0. The van der Waals surface area contributed by atoms with Gasteiger partial charge in [-0.15, -0.1) is 11.3 Å². The standard InChI is InChI=1S/C17H23ClN4OS/c1-3-19-17(20-9-8-16-22-12-13(2)24-16)21-10-11-23-15-6-4-14(18)5-7-15/h4-7,12H,3,8-11H2,1-2H3,(H2,19,20,21). The molecular weight excluding hydrogens is 344 g/mol. The second kappa shape index (κ2) is 10.2. The number of aliphatic imine (C=N–C) groups is 1. The van der Waals surface area contributed by atoms with Crippen LogP contribution in [0.25, 0.3) is 0 Å². The van der Waals surface area contributed by atoms with Crippen molar-refractivity contribution in [3.05, 3.63) is 45.4 Å². The van der Waals surface area contributed by atoms with Gasteiger partial charge in [-0.2, -0.15) is 0 Å². The van der Waals surface area contributed by atoms with Crippen molar-refractivity contribution in [2.45, 2.75) is 20.3 Å². The molecule has 2 rings (SSSR count). The minimum atomic E-state index is 0.553. The molecule has 0 saturated carbocycles. The van der Waals surface area contributed by atoms with E-state index in [9.17, 15) is 0 Å². The van der Waals surface area contributed by atoms with Crippen molar-refractivity contribution in [3.8, 4) is 5.75 Å². The normalized spacial score (nSPS) is 11.4. The first-order valence-electron chi connectivity index (χ1n) is 7.99. The maximum Gasteiger partial charge on any atom is 0.191 e. The second-order valence-corrected chi connectivity index (χ2v) is 6.86. The Hall–Kier alpha value is -1.79. The van der Waals surface area contributed by atoms with Crippen molar-refractivity contribution in [3.63, 3.8) is 0 Å². The van der Waals surface area contributed by atoms with Crippen molar-refractivity contribution in [1.29, 1.82) is 0 Å². The molecule has 1 heterocycles. The zero-order valence-electron chi connectivity index (χ0n) is 14.0. The lowest BCUT2D eigenvalue weighted by Crippen LogP contribution is -2.39. The van der Waals surface area contributed by atoms with Gasteiger partial charge in [0.1, 0.15) is 12.4 Å². The Kier molecular flexibility index (Phi) is 7.85. The lowest BCUT2D eigenvalue weighted by Gasteiger charge is -2.12. The Morgan fingerprint density at radius 3 is 2.75 bits per heavy atom. The summed E-state index contributed by atoms with van der Waals surface area (Å²) >= 11 is 7.57. The molecule has 0 saturated heterocycles. The molecule has 7 heteroatoms. The minimum Gasteiger partial charge on any atom is -0.492 e. The number of halogens is 1. The maximum atomic E-state index is 5.85. The topological polar surface area (TPSA) is 58.5 Å². The molecule has 2 N–H and O–H groups in total. The molecule has 0 radical (unpaired) electrons. The molecule has 0 fully saturated rings. The molecule has 2 aromatic rings. The van der Waals surface area contributed by atoms with Gasteiger partial charge in [-0.3, -0.25) is 4.99 Å². The van der Waals surface area contributed by atoms with Crippen molar-refractivity contribution < 1.29 is 4.74 Å². The zero-order chi connectivity index (χ0) is 17.2. The van der Waals surface area contributed by atoms with Crippen LogP contribution in [-0.2, 0) is 6.42 Å². The van der Waals surface area contributed by atoms with Crippen LogP contribution in [-0.4, -0.2) is 37.2 Å². The molecule has 0 spiro atoms. The fourth-order valence-electron chi connectivity index (χ4n) is 1.99. The predicted molar refractivity (Wildman–Crippen MR) is 101 cm³/mol. The van der Waals surface area contributed by atoms with Crippen LogP contribution in [0.5, 0.6) is 5.75 Å². The maximum absolute atomic E-state index is 5.85. The molecular formula is C17H23ClN4OS. The van der Waals surface area contributed by atoms with Gasteiger partial charge in [0, 0.05) is 35.6 Å². The summed E-state index contributed by atoms with van der Waals surface area (Å²) in [6.07, 6.45) is 2.76. The van der Waals surface area contributed by atoms with Gasteiger partial charge in [0.2, 0.25) is 0 Å². The molecule has 24 heavy (non-hydrogen) atoms. The van der Waals surface area contributed by atoms with E-state index in [0.717, 1.165) is 29.7 Å². The van der Waals surface area contributed by atoms with E-state index >= 15 is 0 Å². The number of rotatable bonds is 8. The highest BCUT2D eigenvalue weighted by molar-refractivity contribution is 7.11. The first kappa shape index (κ1) is 18.5. The lowest BCUT2D eigenvalue weighted by atomic mass is 10.3. The minimum absolute atomic E-state index is 0.553. The number of nitrogens with zero attached hydrogens (tertiary/aromatic N) is 2. The summed E-state index contributed by atoms with van der Waals surface area (Å²) in [6, 6.07) is 7.35. The van der Waals surface area contributed by atoms with Crippen LogP contribution < -0.4 is 15.4 Å². The first-order valence-corrected chi connectivity index (χ1v) is 9.18. The van der Waals surface area contributed by atoms with Gasteiger partial charge < -0.3 is 15.4 Å². The fourth-order valence-corrected chi connectivity index (χ4v) is 2.89. The Morgan fingerprint density at radius 2 is 2.08 bits per heavy atom. The average Bonchev–Trinajstić information content (AvgIpc) is 2.98. The second-order valence-electron chi connectivity index (χ2n) is 5.10. The number of hydrogen-bond donors (Lipinski definition) is 2. The summed E-state index contributed by atoms with van der Waals surface area (Å²) in [4.78, 5) is 10.1. The van der Waals surface area contributed by atoms with Gasteiger partial charge in [-0.25, -0.2) is 4.98 Å². The molecule has 0 atom stereocenters. The third kappa shape index (κ3) is 6.76. The molecule has 0 bridgehead atoms. The van der Waals surface area contributed by atoms with E-state index in [4.69, 9.17) is 16.3 Å². The Balaban J connectivity index is 1.71. The van der Waals surface area contributed by atoms with Crippen molar-refractivity contribution >= 4 is 28.9 Å². The molecule has 1 aromatic carbocycles. The third-order valence-electron chi connectivity index (χ3n) is 3.09. The van der Waals surface area contributed by atoms with E-state index in [1.165, 1.54) is 4.88 Å². The van der Waals surface area contributed by atoms with E-state index in [-0.39, 0.29) is 0 Å². The number of nitrogens with one attached hydrogen (secondary N) is 2. The van der Waals surface area contributed by atoms with Gasteiger partial charge in [-0.1, -0.05) is 11.6 Å². The predicted octanol–water partition coefficient (Wildman–Crippen LogP) is 3.28. The molecule has 0 aliphatic carbocycles. The van der Waals surface area contributed by atoms with Crippen LogP contribution in [0.2, 0.25) is 5.02 Å². The van der Waals surface area contributed by atoms with Crippen LogP contribution in [0.1, 0.15) is 16.8 Å². The third-order valence-corrected chi connectivity index (χ3v) is 4.31. The number of thiazole rings is 1. The molecule has 5 nitrogen and oxygen atoms in total. The zero-order valence-corrected chi connectivity index (χ0v) is 15.6. The van der Waals surface area contributed by atoms with Crippen molar-refractivity contribution in [1.82, 2.24) is 15.6 Å². The highest BCUT2D eigenvalue weighted by Gasteiger charge is 2.00. The van der Waals surface area contributed by atoms with Crippen molar-refractivity contribution in [2.24, 2.45) is 4.99 Å². The lowest BCUT2D eigenvalue weighted by molar-refractivity contribution is 0.322. The Labute approximate surface area is 152 Å². The summed E-state index contributed by atoms with van der Waals surface area (Å²) in [7, 11) is 0. The molecule has 0 unspecified atom stereocenters. The van der Waals surface area contributed by atoms with Gasteiger partial charge >= 0.3 is 0 Å². The number of aromatic nitrogens is 1. The van der Waals surface area contributed by atoms with Crippen molar-refractivity contribution in [2.75, 3.05) is 26.2 Å². The van der Waals surface area contributed by atoms with Gasteiger partial charge in [-0.05, 0) is 38.1 Å². The summed E-state index contributed by atoms with van der Waals surface area (Å²) in [5.74, 6) is 1.60. The smallest absolute Gasteiger partial charge is 0.191 e. The first-order chi connectivity index (χ1) is 11.7. The highest BCUT2D eigenvalue weighted by atomic mass is 35.5. The number of ether oxygens (including phenoxy) is 1. The molecule has 130 valence electrons. The summed E-state index contributed by atoms with van der Waals surface area (Å²) in [5, 5.41) is 8.32. The molecule has 1 aromatic heterocycles. The Bertz CT molecular complexity index is 642. The number of hydrogen-bond acceptors (Lipinski definition) is 4. The Morgan fingerprint density at radius 1 is 1.29 bits per heavy atom. The van der Waals surface area contributed by atoms with E-state index in [0.29, 0.717) is 24.7 Å². The average molecular weight is 367 g/mol. The van der Waals surface area contributed by atoms with Gasteiger partial charge in [0.05, 0.1) is 11.6 Å². The number of guanidine groups is 1. The van der Waals surface area contributed by atoms with Crippen LogP contribution in [0.15, 0.2) is 35.5 Å². The number of benzene rings is 1. The monoisotopic (exact) mass is 366 g/mol. The SMILES string of the molecule is CCNC(=NCCc1ncc(C)s1)NCCOc1ccc(Cl)cc1. The van der Waals surface area contributed by atoms with E-state index in [2.05, 4.69) is 27.5 Å².